The van der Waals surface area contributed by atoms with E-state index < -0.39 is 0 Å². The maximum Gasteiger partial charge on any atom is 0.191 e. The van der Waals surface area contributed by atoms with Gasteiger partial charge in [0.1, 0.15) is 0 Å². The number of rotatable bonds is 3. The number of nitrogens with zero attached hydrogens (tertiary/aromatic N) is 4. The van der Waals surface area contributed by atoms with Crippen LogP contribution in [0.25, 0.3) is 11.4 Å². The fraction of sp³-hybridized carbons (Fsp3) is 0.357. The lowest BCUT2D eigenvalue weighted by molar-refractivity contribution is 0.731. The van der Waals surface area contributed by atoms with Crippen LogP contribution < -0.4 is 0 Å². The minimum Gasteiger partial charge on any atom is -0.305 e. The third-order valence-electron chi connectivity index (χ3n) is 3.24. The summed E-state index contributed by atoms with van der Waals surface area (Å²) < 4.78 is 2.06. The van der Waals surface area contributed by atoms with Crippen LogP contribution in [0, 0.1) is 0 Å². The zero-order chi connectivity index (χ0) is 13.1. The van der Waals surface area contributed by atoms with E-state index in [0.29, 0.717) is 5.25 Å². The van der Waals surface area contributed by atoms with Crippen LogP contribution in [-0.2, 0) is 7.05 Å². The van der Waals surface area contributed by atoms with E-state index >= 15 is 0 Å². The molecule has 0 aromatic carbocycles. The van der Waals surface area contributed by atoms with Gasteiger partial charge in [-0.25, -0.2) is 0 Å². The Morgan fingerprint density at radius 3 is 2.84 bits per heavy atom. The van der Waals surface area contributed by atoms with Crippen molar-refractivity contribution in [2.24, 2.45) is 7.05 Å². The second kappa shape index (κ2) is 5.57. The van der Waals surface area contributed by atoms with Crippen molar-refractivity contribution in [3.8, 4) is 11.4 Å². The third-order valence-corrected chi connectivity index (χ3v) is 4.50. The molecule has 0 N–H and O–H groups in total. The molecule has 0 saturated carbocycles. The molecule has 2 aromatic heterocycles. The van der Waals surface area contributed by atoms with E-state index in [1.165, 1.54) is 19.3 Å². The van der Waals surface area contributed by atoms with Crippen LogP contribution in [-0.4, -0.2) is 25.0 Å². The molecule has 0 saturated heterocycles. The van der Waals surface area contributed by atoms with Gasteiger partial charge < -0.3 is 4.57 Å². The number of hydrogen-bond acceptors (Lipinski definition) is 4. The van der Waals surface area contributed by atoms with E-state index in [1.807, 2.05) is 19.2 Å². The van der Waals surface area contributed by atoms with Gasteiger partial charge in [-0.05, 0) is 31.4 Å². The summed E-state index contributed by atoms with van der Waals surface area (Å²) in [5.74, 6) is 0.893. The molecule has 1 aliphatic rings. The Morgan fingerprint density at radius 1 is 1.26 bits per heavy atom. The highest BCUT2D eigenvalue weighted by atomic mass is 32.2. The highest BCUT2D eigenvalue weighted by Crippen LogP contribution is 2.30. The molecule has 0 bridgehead atoms. The summed E-state index contributed by atoms with van der Waals surface area (Å²) in [6, 6.07) is 3.91. The SMILES string of the molecule is Cn1c(S[C@H]2C=CCCC2)nnc1-c1ccncc1. The first-order chi connectivity index (χ1) is 9.34. The standard InChI is InChI=1S/C14H16N4S/c1-18-13(11-7-9-15-10-8-11)16-17-14(18)19-12-5-3-2-4-6-12/h3,5,7-10,12H,2,4,6H2,1H3/t12-/m0/s1. The Labute approximate surface area is 117 Å². The zero-order valence-electron chi connectivity index (χ0n) is 10.9. The molecule has 19 heavy (non-hydrogen) atoms. The first-order valence-corrected chi connectivity index (χ1v) is 7.35. The van der Waals surface area contributed by atoms with Gasteiger partial charge in [0.05, 0.1) is 0 Å². The van der Waals surface area contributed by atoms with Gasteiger partial charge in [0.15, 0.2) is 11.0 Å². The van der Waals surface area contributed by atoms with E-state index in [0.717, 1.165) is 16.5 Å². The largest absolute Gasteiger partial charge is 0.305 e. The Hall–Kier alpha value is -1.62. The molecule has 0 radical (unpaired) electrons. The Kier molecular flexibility index (Phi) is 3.64. The topological polar surface area (TPSA) is 43.6 Å². The van der Waals surface area contributed by atoms with E-state index in [-0.39, 0.29) is 0 Å². The molecule has 0 unspecified atom stereocenters. The van der Waals surface area contributed by atoms with Gasteiger partial charge in [0, 0.05) is 30.3 Å². The van der Waals surface area contributed by atoms with Crippen LogP contribution in [0.15, 0.2) is 41.8 Å². The molecule has 0 aliphatic heterocycles. The lowest BCUT2D eigenvalue weighted by atomic mass is 10.1. The highest BCUT2D eigenvalue weighted by molar-refractivity contribution is 7.99. The van der Waals surface area contributed by atoms with Gasteiger partial charge >= 0.3 is 0 Å². The Morgan fingerprint density at radius 2 is 2.11 bits per heavy atom. The quantitative estimate of drug-likeness (QED) is 0.805. The van der Waals surface area contributed by atoms with Crippen molar-refractivity contribution in [2.45, 2.75) is 29.7 Å². The summed E-state index contributed by atoms with van der Waals surface area (Å²) in [5, 5.41) is 10.1. The number of allylic oxidation sites excluding steroid dienone is 1. The van der Waals surface area contributed by atoms with Gasteiger partial charge in [-0.3, -0.25) is 4.98 Å². The first kappa shape index (κ1) is 12.4. The molecule has 0 spiro atoms. The minimum absolute atomic E-state index is 0.530. The van der Waals surface area contributed by atoms with Crippen molar-refractivity contribution in [1.29, 1.82) is 0 Å². The minimum atomic E-state index is 0.530. The summed E-state index contributed by atoms with van der Waals surface area (Å²) in [6.07, 6.45) is 11.8. The van der Waals surface area contributed by atoms with Crippen molar-refractivity contribution in [3.63, 3.8) is 0 Å². The average molecular weight is 272 g/mol. The average Bonchev–Trinajstić information content (AvgIpc) is 2.82. The van der Waals surface area contributed by atoms with E-state index in [1.54, 1.807) is 24.2 Å². The molecule has 1 atom stereocenters. The lowest BCUT2D eigenvalue weighted by Crippen LogP contribution is -2.04. The molecule has 5 heteroatoms. The third kappa shape index (κ3) is 2.71. The molecule has 2 aromatic rings. The van der Waals surface area contributed by atoms with Crippen molar-refractivity contribution < 1.29 is 0 Å². The molecule has 98 valence electrons. The van der Waals surface area contributed by atoms with Gasteiger partial charge in [0.2, 0.25) is 0 Å². The number of aromatic nitrogens is 4. The van der Waals surface area contributed by atoms with Crippen molar-refractivity contribution in [2.75, 3.05) is 0 Å². The summed E-state index contributed by atoms with van der Waals surface area (Å²) >= 11 is 1.79. The normalized spacial score (nSPS) is 18.7. The van der Waals surface area contributed by atoms with Gasteiger partial charge in [0.25, 0.3) is 0 Å². The van der Waals surface area contributed by atoms with Crippen LogP contribution in [0.4, 0.5) is 0 Å². The Balaban J connectivity index is 1.83. The second-order valence-corrected chi connectivity index (χ2v) is 5.82. The fourth-order valence-electron chi connectivity index (χ4n) is 2.18. The maximum atomic E-state index is 4.31. The van der Waals surface area contributed by atoms with E-state index in [9.17, 15) is 0 Å². The van der Waals surface area contributed by atoms with Crippen molar-refractivity contribution in [3.05, 3.63) is 36.7 Å². The molecule has 2 heterocycles. The molecule has 3 rings (SSSR count). The maximum absolute atomic E-state index is 4.31. The first-order valence-electron chi connectivity index (χ1n) is 6.48. The highest BCUT2D eigenvalue weighted by Gasteiger charge is 2.16. The van der Waals surface area contributed by atoms with E-state index in [4.69, 9.17) is 0 Å². The molecule has 0 amide bonds. The van der Waals surface area contributed by atoms with Gasteiger partial charge in [-0.1, -0.05) is 23.9 Å². The van der Waals surface area contributed by atoms with Crippen LogP contribution in [0.5, 0.6) is 0 Å². The van der Waals surface area contributed by atoms with Crippen LogP contribution >= 0.6 is 11.8 Å². The predicted octanol–water partition coefficient (Wildman–Crippen LogP) is 3.08. The summed E-state index contributed by atoms with van der Waals surface area (Å²) in [7, 11) is 2.02. The van der Waals surface area contributed by atoms with Crippen LogP contribution in [0.2, 0.25) is 0 Å². The van der Waals surface area contributed by atoms with Crippen molar-refractivity contribution in [1.82, 2.24) is 19.7 Å². The second-order valence-electron chi connectivity index (χ2n) is 4.62. The molecular weight excluding hydrogens is 256 g/mol. The summed E-state index contributed by atoms with van der Waals surface area (Å²) in [4.78, 5) is 4.03. The smallest absolute Gasteiger partial charge is 0.191 e. The van der Waals surface area contributed by atoms with Crippen LogP contribution in [0.3, 0.4) is 0 Å². The monoisotopic (exact) mass is 272 g/mol. The van der Waals surface area contributed by atoms with Gasteiger partial charge in [-0.2, -0.15) is 0 Å². The van der Waals surface area contributed by atoms with Crippen LogP contribution in [0.1, 0.15) is 19.3 Å². The Bertz CT molecular complexity index is 576. The fourth-order valence-corrected chi connectivity index (χ4v) is 3.26. The predicted molar refractivity (Wildman–Crippen MR) is 76.9 cm³/mol. The van der Waals surface area contributed by atoms with Gasteiger partial charge in [-0.15, -0.1) is 10.2 Å². The molecule has 0 fully saturated rings. The summed E-state index contributed by atoms with van der Waals surface area (Å²) in [6.45, 7) is 0. The lowest BCUT2D eigenvalue weighted by Gasteiger charge is -2.14. The number of hydrogen-bond donors (Lipinski definition) is 0. The molecule has 1 aliphatic carbocycles. The van der Waals surface area contributed by atoms with E-state index in [2.05, 4.69) is 31.9 Å². The molecule has 4 nitrogen and oxygen atoms in total. The zero-order valence-corrected chi connectivity index (χ0v) is 11.7. The number of thioether (sulfide) groups is 1. The number of pyridine rings is 1. The summed E-state index contributed by atoms with van der Waals surface area (Å²) in [5.41, 5.74) is 1.05. The van der Waals surface area contributed by atoms with Crippen molar-refractivity contribution >= 4 is 11.8 Å². The molecular formula is C14H16N4S.